The third kappa shape index (κ3) is 3.34. The van der Waals surface area contributed by atoms with E-state index in [9.17, 15) is 0 Å². The van der Waals surface area contributed by atoms with Crippen molar-refractivity contribution in [2.75, 3.05) is 11.5 Å². The first-order chi connectivity index (χ1) is 9.06. The predicted octanol–water partition coefficient (Wildman–Crippen LogP) is 2.46. The summed E-state index contributed by atoms with van der Waals surface area (Å²) in [7, 11) is 1.26. The molecule has 4 N–H and O–H groups in total. The Morgan fingerprint density at radius 1 is 0.789 bits per heavy atom. The SMILES string of the molecule is Cc1ccc(O[B]Oc2ccc(C)c(N)c2)cc1N. The van der Waals surface area contributed by atoms with E-state index < -0.39 is 0 Å². The fraction of sp³-hybridized carbons (Fsp3) is 0.143. The molecule has 0 fully saturated rings. The van der Waals surface area contributed by atoms with E-state index in [2.05, 4.69) is 0 Å². The van der Waals surface area contributed by atoms with E-state index in [0.717, 1.165) is 11.1 Å². The number of rotatable bonds is 4. The molecule has 1 radical (unpaired) electrons. The Morgan fingerprint density at radius 3 is 1.58 bits per heavy atom. The van der Waals surface area contributed by atoms with Gasteiger partial charge in [0, 0.05) is 23.5 Å². The maximum absolute atomic E-state index is 5.79. The van der Waals surface area contributed by atoms with Crippen molar-refractivity contribution in [3.63, 3.8) is 0 Å². The molecule has 2 aromatic carbocycles. The third-order valence-corrected chi connectivity index (χ3v) is 2.87. The van der Waals surface area contributed by atoms with E-state index >= 15 is 0 Å². The Labute approximate surface area is 113 Å². The quantitative estimate of drug-likeness (QED) is 0.650. The lowest BCUT2D eigenvalue weighted by Gasteiger charge is -2.09. The number of nitrogens with two attached hydrogens (primary N) is 2. The fourth-order valence-corrected chi connectivity index (χ4v) is 1.52. The largest absolute Gasteiger partial charge is 0.658 e. The van der Waals surface area contributed by atoms with Gasteiger partial charge < -0.3 is 20.8 Å². The second-order valence-corrected chi connectivity index (χ2v) is 4.37. The average molecular weight is 255 g/mol. The average Bonchev–Trinajstić information content (AvgIpc) is 2.38. The highest BCUT2D eigenvalue weighted by molar-refractivity contribution is 6.20. The smallest absolute Gasteiger partial charge is 0.526 e. The Hall–Kier alpha value is -2.30. The standard InChI is InChI=1S/C14H16BN2O2/c1-9-3-5-11(7-13(9)16)18-15-19-12-6-4-10(2)14(17)8-12/h3-8H,16-17H2,1-2H3. The highest BCUT2D eigenvalue weighted by atomic mass is 16.6. The third-order valence-electron chi connectivity index (χ3n) is 2.87. The van der Waals surface area contributed by atoms with Crippen LogP contribution >= 0.6 is 0 Å². The van der Waals surface area contributed by atoms with Crippen LogP contribution in [0, 0.1) is 13.8 Å². The molecule has 2 rings (SSSR count). The van der Waals surface area contributed by atoms with Crippen LogP contribution in [0.5, 0.6) is 11.5 Å². The Morgan fingerprint density at radius 2 is 1.21 bits per heavy atom. The molecule has 0 aliphatic rings. The predicted molar refractivity (Wildman–Crippen MR) is 78.2 cm³/mol. The van der Waals surface area contributed by atoms with Gasteiger partial charge in [0.05, 0.1) is 0 Å². The number of hydrogen-bond donors (Lipinski definition) is 2. The zero-order chi connectivity index (χ0) is 13.8. The van der Waals surface area contributed by atoms with Gasteiger partial charge in [0.25, 0.3) is 0 Å². The summed E-state index contributed by atoms with van der Waals surface area (Å²) in [6, 6.07) is 10.9. The van der Waals surface area contributed by atoms with Gasteiger partial charge in [-0.3, -0.25) is 0 Å². The van der Waals surface area contributed by atoms with Crippen molar-refractivity contribution in [1.29, 1.82) is 0 Å². The van der Waals surface area contributed by atoms with Crippen molar-refractivity contribution in [2.45, 2.75) is 13.8 Å². The molecule has 0 aliphatic heterocycles. The number of anilines is 2. The van der Waals surface area contributed by atoms with E-state index in [1.54, 1.807) is 12.1 Å². The minimum absolute atomic E-state index is 0.628. The molecule has 0 aliphatic carbocycles. The topological polar surface area (TPSA) is 70.5 Å². The molecule has 0 atom stereocenters. The van der Waals surface area contributed by atoms with Gasteiger partial charge in [-0.15, -0.1) is 0 Å². The summed E-state index contributed by atoms with van der Waals surface area (Å²) >= 11 is 0. The molecule has 0 aromatic heterocycles. The van der Waals surface area contributed by atoms with Crippen LogP contribution in [-0.2, 0) is 0 Å². The number of nitrogen functional groups attached to an aromatic ring is 2. The van der Waals surface area contributed by atoms with Crippen LogP contribution in [0.3, 0.4) is 0 Å². The molecular weight excluding hydrogens is 239 g/mol. The first-order valence-electron chi connectivity index (χ1n) is 5.93. The first-order valence-corrected chi connectivity index (χ1v) is 5.93. The van der Waals surface area contributed by atoms with E-state index in [1.807, 2.05) is 38.1 Å². The van der Waals surface area contributed by atoms with Crippen molar-refractivity contribution < 1.29 is 9.31 Å². The molecule has 0 spiro atoms. The van der Waals surface area contributed by atoms with Crippen LogP contribution in [0.25, 0.3) is 0 Å². The Bertz CT molecular complexity index is 536. The van der Waals surface area contributed by atoms with Gasteiger partial charge in [-0.25, -0.2) is 0 Å². The fourth-order valence-electron chi connectivity index (χ4n) is 1.52. The summed E-state index contributed by atoms with van der Waals surface area (Å²) in [5, 5.41) is 0. The van der Waals surface area contributed by atoms with Crippen LogP contribution in [0.15, 0.2) is 36.4 Å². The molecule has 97 valence electrons. The zero-order valence-electron chi connectivity index (χ0n) is 11.0. The van der Waals surface area contributed by atoms with E-state index in [1.165, 1.54) is 7.69 Å². The Balaban J connectivity index is 1.92. The maximum atomic E-state index is 5.79. The van der Waals surface area contributed by atoms with Crippen LogP contribution < -0.4 is 20.8 Å². The molecule has 19 heavy (non-hydrogen) atoms. The summed E-state index contributed by atoms with van der Waals surface area (Å²) in [6.07, 6.45) is 0. The van der Waals surface area contributed by atoms with Gasteiger partial charge in [0.15, 0.2) is 0 Å². The van der Waals surface area contributed by atoms with Crippen LogP contribution in [-0.4, -0.2) is 7.69 Å². The molecule has 0 saturated carbocycles. The second-order valence-electron chi connectivity index (χ2n) is 4.37. The number of aryl methyl sites for hydroxylation is 2. The molecular formula is C14H16BN2O2. The number of benzene rings is 2. The van der Waals surface area contributed by atoms with Crippen molar-refractivity contribution in [1.82, 2.24) is 0 Å². The van der Waals surface area contributed by atoms with Gasteiger partial charge >= 0.3 is 7.69 Å². The van der Waals surface area contributed by atoms with E-state index in [-0.39, 0.29) is 0 Å². The molecule has 0 bridgehead atoms. The summed E-state index contributed by atoms with van der Waals surface area (Å²) < 4.78 is 10.7. The summed E-state index contributed by atoms with van der Waals surface area (Å²) in [5.41, 5.74) is 15.0. The molecule has 0 saturated heterocycles. The van der Waals surface area contributed by atoms with Crippen molar-refractivity contribution in [3.8, 4) is 11.5 Å². The molecule has 5 heteroatoms. The van der Waals surface area contributed by atoms with Crippen LogP contribution in [0.4, 0.5) is 11.4 Å². The number of hydrogen-bond acceptors (Lipinski definition) is 4. The maximum Gasteiger partial charge on any atom is 0.658 e. The Kier molecular flexibility index (Phi) is 3.85. The highest BCUT2D eigenvalue weighted by Crippen LogP contribution is 2.20. The van der Waals surface area contributed by atoms with Crippen LogP contribution in [0.1, 0.15) is 11.1 Å². The van der Waals surface area contributed by atoms with Crippen molar-refractivity contribution in [2.24, 2.45) is 0 Å². The lowest BCUT2D eigenvalue weighted by molar-refractivity contribution is 0.459. The zero-order valence-corrected chi connectivity index (χ0v) is 11.0. The summed E-state index contributed by atoms with van der Waals surface area (Å²) in [4.78, 5) is 0. The molecule has 4 nitrogen and oxygen atoms in total. The van der Waals surface area contributed by atoms with Crippen molar-refractivity contribution >= 4 is 19.1 Å². The highest BCUT2D eigenvalue weighted by Gasteiger charge is 2.04. The lowest BCUT2D eigenvalue weighted by Crippen LogP contribution is -2.11. The molecule has 2 aromatic rings. The molecule has 0 heterocycles. The van der Waals surface area contributed by atoms with Gasteiger partial charge in [-0.05, 0) is 37.1 Å². The minimum atomic E-state index is 0.628. The van der Waals surface area contributed by atoms with Gasteiger partial charge in [0.2, 0.25) is 0 Å². The van der Waals surface area contributed by atoms with E-state index in [4.69, 9.17) is 20.8 Å². The first kappa shape index (κ1) is 13.1. The van der Waals surface area contributed by atoms with E-state index in [0.29, 0.717) is 22.9 Å². The molecule has 0 unspecified atom stereocenters. The monoisotopic (exact) mass is 255 g/mol. The summed E-state index contributed by atoms with van der Waals surface area (Å²) in [5.74, 6) is 1.26. The second kappa shape index (κ2) is 5.56. The lowest BCUT2D eigenvalue weighted by atomic mass is 10.2. The minimum Gasteiger partial charge on any atom is -0.526 e. The van der Waals surface area contributed by atoms with Crippen LogP contribution in [0.2, 0.25) is 0 Å². The van der Waals surface area contributed by atoms with Gasteiger partial charge in [-0.1, -0.05) is 12.1 Å². The van der Waals surface area contributed by atoms with Crippen molar-refractivity contribution in [3.05, 3.63) is 47.5 Å². The van der Waals surface area contributed by atoms with Gasteiger partial charge in [-0.2, -0.15) is 0 Å². The summed E-state index contributed by atoms with van der Waals surface area (Å²) in [6.45, 7) is 3.88. The molecule has 0 amide bonds. The normalized spacial score (nSPS) is 10.0. The van der Waals surface area contributed by atoms with Gasteiger partial charge in [0.1, 0.15) is 11.5 Å².